The van der Waals surface area contributed by atoms with Crippen molar-refractivity contribution >= 4 is 0 Å². The minimum Gasteiger partial charge on any atom is -0.303 e. The molecule has 0 amide bonds. The van der Waals surface area contributed by atoms with Crippen LogP contribution < -0.4 is 5.32 Å². The topological polar surface area (TPSA) is 42.7 Å². The number of nitrogens with one attached hydrogen (secondary N) is 1. The molecule has 0 aliphatic rings. The van der Waals surface area contributed by atoms with Crippen molar-refractivity contribution in [3.05, 3.63) is 47.8 Å². The zero-order valence-corrected chi connectivity index (χ0v) is 9.89. The zero-order chi connectivity index (χ0) is 12.3. The number of hydrogen-bond donors (Lipinski definition) is 1. The molecule has 1 unspecified atom stereocenters. The van der Waals surface area contributed by atoms with Gasteiger partial charge in [0.1, 0.15) is 5.82 Å². The number of halogens is 1. The fraction of sp³-hybridized carbons (Fsp3) is 0.333. The quantitative estimate of drug-likeness (QED) is 0.877. The van der Waals surface area contributed by atoms with Crippen LogP contribution in [0.3, 0.4) is 0 Å². The van der Waals surface area contributed by atoms with E-state index >= 15 is 0 Å². The Bertz CT molecular complexity index is 478. The number of nitrogens with zero attached hydrogens (tertiary/aromatic N) is 3. The van der Waals surface area contributed by atoms with Crippen LogP contribution in [0.5, 0.6) is 0 Å². The standard InChI is InChI=1S/C12H15FN4/c1-9(12-4-3-10(13)7-15-12)14-8-11-5-6-17(2)16-11/h3-7,9,14H,8H2,1-2H3. The van der Waals surface area contributed by atoms with E-state index in [2.05, 4.69) is 15.4 Å². The van der Waals surface area contributed by atoms with Gasteiger partial charge >= 0.3 is 0 Å². The van der Waals surface area contributed by atoms with Crippen LogP contribution in [-0.4, -0.2) is 14.8 Å². The summed E-state index contributed by atoms with van der Waals surface area (Å²) < 4.78 is 14.5. The lowest BCUT2D eigenvalue weighted by molar-refractivity contribution is 0.545. The molecular weight excluding hydrogens is 219 g/mol. The van der Waals surface area contributed by atoms with Crippen molar-refractivity contribution in [3.8, 4) is 0 Å². The number of hydrogen-bond acceptors (Lipinski definition) is 3. The second-order valence-corrected chi connectivity index (χ2v) is 3.98. The van der Waals surface area contributed by atoms with Crippen molar-refractivity contribution in [1.29, 1.82) is 0 Å². The van der Waals surface area contributed by atoms with Gasteiger partial charge in [0.25, 0.3) is 0 Å². The largest absolute Gasteiger partial charge is 0.303 e. The lowest BCUT2D eigenvalue weighted by atomic mass is 10.2. The Morgan fingerprint density at radius 3 is 2.82 bits per heavy atom. The van der Waals surface area contributed by atoms with E-state index in [4.69, 9.17) is 0 Å². The molecule has 0 spiro atoms. The molecule has 2 aromatic heterocycles. The Morgan fingerprint density at radius 2 is 2.24 bits per heavy atom. The molecule has 1 N–H and O–H groups in total. The molecule has 0 aliphatic carbocycles. The lowest BCUT2D eigenvalue weighted by Gasteiger charge is -2.11. The predicted molar refractivity (Wildman–Crippen MR) is 62.7 cm³/mol. The van der Waals surface area contributed by atoms with Gasteiger partial charge in [-0.25, -0.2) is 4.39 Å². The van der Waals surface area contributed by atoms with Crippen molar-refractivity contribution in [2.45, 2.75) is 19.5 Å². The highest BCUT2D eigenvalue weighted by atomic mass is 19.1. The van der Waals surface area contributed by atoms with Crippen LogP contribution in [0.4, 0.5) is 4.39 Å². The first-order valence-corrected chi connectivity index (χ1v) is 5.48. The fourth-order valence-corrected chi connectivity index (χ4v) is 1.56. The summed E-state index contributed by atoms with van der Waals surface area (Å²) in [5, 5.41) is 7.55. The van der Waals surface area contributed by atoms with Gasteiger partial charge in [-0.15, -0.1) is 0 Å². The molecule has 0 bridgehead atoms. The fourth-order valence-electron chi connectivity index (χ4n) is 1.56. The lowest BCUT2D eigenvalue weighted by Crippen LogP contribution is -2.19. The van der Waals surface area contributed by atoms with Gasteiger partial charge in [-0.05, 0) is 25.1 Å². The summed E-state index contributed by atoms with van der Waals surface area (Å²) in [6.45, 7) is 2.66. The summed E-state index contributed by atoms with van der Waals surface area (Å²) in [4.78, 5) is 4.03. The first-order chi connectivity index (χ1) is 8.15. The van der Waals surface area contributed by atoms with E-state index in [1.807, 2.05) is 26.2 Å². The van der Waals surface area contributed by atoms with Crippen molar-refractivity contribution in [2.75, 3.05) is 0 Å². The highest BCUT2D eigenvalue weighted by Crippen LogP contribution is 2.10. The van der Waals surface area contributed by atoms with Gasteiger partial charge in [0.15, 0.2) is 0 Å². The Labute approximate surface area is 99.5 Å². The molecule has 17 heavy (non-hydrogen) atoms. The number of aromatic nitrogens is 3. The van der Waals surface area contributed by atoms with Crippen molar-refractivity contribution in [1.82, 2.24) is 20.1 Å². The number of rotatable bonds is 4. The summed E-state index contributed by atoms with van der Waals surface area (Å²) in [7, 11) is 1.88. The van der Waals surface area contributed by atoms with Gasteiger partial charge in [0.05, 0.1) is 17.6 Å². The van der Waals surface area contributed by atoms with Crippen molar-refractivity contribution in [2.24, 2.45) is 7.05 Å². The number of aryl methyl sites for hydroxylation is 1. The minimum atomic E-state index is -0.314. The van der Waals surface area contributed by atoms with Crippen molar-refractivity contribution < 1.29 is 4.39 Å². The molecule has 2 aromatic rings. The third kappa shape index (κ3) is 3.10. The van der Waals surface area contributed by atoms with Gasteiger partial charge in [0, 0.05) is 25.8 Å². The molecule has 0 aliphatic heterocycles. The van der Waals surface area contributed by atoms with E-state index in [-0.39, 0.29) is 11.9 Å². The molecule has 1 atom stereocenters. The maximum Gasteiger partial charge on any atom is 0.141 e. The highest BCUT2D eigenvalue weighted by Gasteiger charge is 2.07. The third-order valence-electron chi connectivity index (χ3n) is 2.55. The summed E-state index contributed by atoms with van der Waals surface area (Å²) in [6, 6.07) is 5.13. The smallest absolute Gasteiger partial charge is 0.141 e. The summed E-state index contributed by atoms with van der Waals surface area (Å²) in [5.41, 5.74) is 1.80. The minimum absolute atomic E-state index is 0.0672. The molecule has 0 fully saturated rings. The van der Waals surface area contributed by atoms with E-state index in [9.17, 15) is 4.39 Å². The number of pyridine rings is 1. The van der Waals surface area contributed by atoms with E-state index in [1.54, 1.807) is 10.7 Å². The van der Waals surface area contributed by atoms with Gasteiger partial charge in [-0.3, -0.25) is 9.67 Å². The summed E-state index contributed by atoms with van der Waals surface area (Å²) >= 11 is 0. The molecule has 4 nitrogen and oxygen atoms in total. The van der Waals surface area contributed by atoms with Crippen LogP contribution in [0, 0.1) is 5.82 Å². The van der Waals surface area contributed by atoms with E-state index < -0.39 is 0 Å². The molecule has 0 saturated carbocycles. The molecule has 0 radical (unpaired) electrons. The second kappa shape index (κ2) is 5.05. The van der Waals surface area contributed by atoms with E-state index in [0.717, 1.165) is 11.4 Å². The van der Waals surface area contributed by atoms with Gasteiger partial charge < -0.3 is 5.32 Å². The van der Waals surface area contributed by atoms with E-state index in [1.165, 1.54) is 12.3 Å². The van der Waals surface area contributed by atoms with Gasteiger partial charge in [-0.2, -0.15) is 5.10 Å². The Balaban J connectivity index is 1.93. The van der Waals surface area contributed by atoms with Crippen LogP contribution >= 0.6 is 0 Å². The third-order valence-corrected chi connectivity index (χ3v) is 2.55. The summed E-state index contributed by atoms with van der Waals surface area (Å²) in [5.74, 6) is -0.314. The van der Waals surface area contributed by atoms with Crippen LogP contribution in [0.15, 0.2) is 30.6 Å². The Morgan fingerprint density at radius 1 is 1.41 bits per heavy atom. The van der Waals surface area contributed by atoms with E-state index in [0.29, 0.717) is 6.54 Å². The average Bonchev–Trinajstić information content (AvgIpc) is 2.73. The molecular formula is C12H15FN4. The second-order valence-electron chi connectivity index (χ2n) is 3.98. The van der Waals surface area contributed by atoms with Crippen LogP contribution in [0.25, 0.3) is 0 Å². The molecule has 90 valence electrons. The zero-order valence-electron chi connectivity index (χ0n) is 9.89. The predicted octanol–water partition coefficient (Wildman–Crippen LogP) is 1.80. The summed E-state index contributed by atoms with van der Waals surface area (Å²) in [6.07, 6.45) is 3.13. The molecule has 2 heterocycles. The highest BCUT2D eigenvalue weighted by molar-refractivity contribution is 5.09. The van der Waals surface area contributed by atoms with Gasteiger partial charge in [0.2, 0.25) is 0 Å². The molecule has 2 rings (SSSR count). The van der Waals surface area contributed by atoms with Crippen molar-refractivity contribution in [3.63, 3.8) is 0 Å². The maximum absolute atomic E-state index is 12.7. The normalized spacial score (nSPS) is 12.6. The first-order valence-electron chi connectivity index (χ1n) is 5.48. The molecule has 0 saturated heterocycles. The monoisotopic (exact) mass is 234 g/mol. The Hall–Kier alpha value is -1.75. The SMILES string of the molecule is CC(NCc1ccn(C)n1)c1ccc(F)cn1. The van der Waals surface area contributed by atoms with Crippen LogP contribution in [-0.2, 0) is 13.6 Å². The first kappa shape index (κ1) is 11.7. The van der Waals surface area contributed by atoms with Crippen LogP contribution in [0.2, 0.25) is 0 Å². The maximum atomic E-state index is 12.7. The molecule has 5 heteroatoms. The average molecular weight is 234 g/mol. The Kier molecular flexibility index (Phi) is 3.49. The molecule has 0 aromatic carbocycles. The van der Waals surface area contributed by atoms with Gasteiger partial charge in [-0.1, -0.05) is 0 Å². The van der Waals surface area contributed by atoms with Crippen LogP contribution in [0.1, 0.15) is 24.4 Å².